The van der Waals surface area contributed by atoms with Crippen LogP contribution in [0.15, 0.2) is 18.2 Å². The molecule has 4 rings (SSSR count). The van der Waals surface area contributed by atoms with E-state index >= 15 is 0 Å². The van der Waals surface area contributed by atoms with Gasteiger partial charge in [0.1, 0.15) is 5.75 Å². The van der Waals surface area contributed by atoms with Crippen molar-refractivity contribution in [2.45, 2.75) is 25.7 Å². The normalized spacial score (nSPS) is 14.8. The van der Waals surface area contributed by atoms with Crippen molar-refractivity contribution in [1.29, 1.82) is 0 Å². The summed E-state index contributed by atoms with van der Waals surface area (Å²) in [5.74, 6) is 2.10. The molecule has 1 aliphatic carbocycles. The molecule has 1 saturated carbocycles. The molecule has 0 radical (unpaired) electrons. The largest absolute Gasteiger partial charge is 0.492 e. The minimum absolute atomic E-state index is 0.574. The Hall–Kier alpha value is -2.37. The minimum Gasteiger partial charge on any atom is -0.492 e. The lowest BCUT2D eigenvalue weighted by atomic mass is 10.1. The predicted octanol–water partition coefficient (Wildman–Crippen LogP) is 2.62. The van der Waals surface area contributed by atoms with Crippen molar-refractivity contribution in [1.82, 2.24) is 25.6 Å². The molecule has 0 amide bonds. The zero-order valence-corrected chi connectivity index (χ0v) is 11.2. The number of fused-ring (bicyclic) bond motifs is 1. The maximum Gasteiger partial charge on any atom is 0.207 e. The van der Waals surface area contributed by atoms with Crippen molar-refractivity contribution >= 4 is 10.9 Å². The maximum atomic E-state index is 5.71. The fourth-order valence-electron chi connectivity index (χ4n) is 2.67. The molecule has 1 aromatic carbocycles. The summed E-state index contributed by atoms with van der Waals surface area (Å²) in [6, 6.07) is 6.06. The van der Waals surface area contributed by atoms with Gasteiger partial charge in [0.15, 0.2) is 0 Å². The van der Waals surface area contributed by atoms with Crippen LogP contribution in [-0.4, -0.2) is 32.2 Å². The molecule has 6 nitrogen and oxygen atoms in total. The molecular weight excluding hydrogens is 254 g/mol. The molecule has 1 fully saturated rings. The molecule has 6 heteroatoms. The fourth-order valence-corrected chi connectivity index (χ4v) is 2.67. The van der Waals surface area contributed by atoms with Crippen molar-refractivity contribution in [3.8, 4) is 17.1 Å². The summed E-state index contributed by atoms with van der Waals surface area (Å²) in [5, 5.41) is 15.6. The Morgan fingerprint density at radius 2 is 2.25 bits per heavy atom. The summed E-state index contributed by atoms with van der Waals surface area (Å²) >= 11 is 0. The molecule has 0 unspecified atom stereocenters. The first-order valence-corrected chi connectivity index (χ1v) is 6.89. The molecule has 1 aliphatic rings. The van der Waals surface area contributed by atoms with E-state index in [9.17, 15) is 0 Å². The van der Waals surface area contributed by atoms with Crippen LogP contribution < -0.4 is 4.74 Å². The molecule has 0 aliphatic heterocycles. The number of ether oxygens (including phenoxy) is 1. The Morgan fingerprint density at radius 3 is 2.95 bits per heavy atom. The van der Waals surface area contributed by atoms with Gasteiger partial charge in [-0.2, -0.15) is 5.21 Å². The lowest BCUT2D eigenvalue weighted by Gasteiger charge is -2.03. The van der Waals surface area contributed by atoms with Crippen LogP contribution in [0.5, 0.6) is 5.75 Å². The third-order valence-corrected chi connectivity index (χ3v) is 3.68. The van der Waals surface area contributed by atoms with Crippen LogP contribution in [0.3, 0.4) is 0 Å². The zero-order valence-electron chi connectivity index (χ0n) is 11.2. The number of aromatic amines is 2. The highest BCUT2D eigenvalue weighted by atomic mass is 16.5. The van der Waals surface area contributed by atoms with Gasteiger partial charge in [0.05, 0.1) is 17.7 Å². The fraction of sp³-hybridized carbons (Fsp3) is 0.357. The zero-order chi connectivity index (χ0) is 13.5. The van der Waals surface area contributed by atoms with Gasteiger partial charge in [-0.05, 0) is 37.0 Å². The van der Waals surface area contributed by atoms with Gasteiger partial charge in [-0.25, -0.2) is 0 Å². The van der Waals surface area contributed by atoms with Crippen molar-refractivity contribution in [3.05, 3.63) is 23.9 Å². The summed E-state index contributed by atoms with van der Waals surface area (Å²) in [6.45, 7) is 2.64. The molecule has 2 aromatic heterocycles. The van der Waals surface area contributed by atoms with E-state index in [1.807, 2.05) is 19.1 Å². The Bertz CT molecular complexity index is 742. The van der Waals surface area contributed by atoms with Gasteiger partial charge in [0, 0.05) is 11.1 Å². The highest BCUT2D eigenvalue weighted by molar-refractivity contribution is 5.99. The van der Waals surface area contributed by atoms with E-state index in [2.05, 4.69) is 31.7 Å². The van der Waals surface area contributed by atoms with Gasteiger partial charge < -0.3 is 9.72 Å². The second kappa shape index (κ2) is 4.33. The highest BCUT2D eigenvalue weighted by Crippen LogP contribution is 2.47. The van der Waals surface area contributed by atoms with Gasteiger partial charge >= 0.3 is 0 Å². The average molecular weight is 269 g/mol. The van der Waals surface area contributed by atoms with Gasteiger partial charge in [0.25, 0.3) is 0 Å². The summed E-state index contributed by atoms with van der Waals surface area (Å²) in [6.07, 6.45) is 2.42. The van der Waals surface area contributed by atoms with E-state index in [4.69, 9.17) is 4.74 Å². The minimum atomic E-state index is 0.574. The predicted molar refractivity (Wildman–Crippen MR) is 74.6 cm³/mol. The molecule has 0 atom stereocenters. The smallest absolute Gasteiger partial charge is 0.207 e. The molecule has 0 spiro atoms. The number of hydrogen-bond donors (Lipinski definition) is 2. The van der Waals surface area contributed by atoms with Crippen LogP contribution >= 0.6 is 0 Å². The van der Waals surface area contributed by atoms with E-state index in [0.717, 1.165) is 22.2 Å². The number of para-hydroxylation sites is 1. The van der Waals surface area contributed by atoms with E-state index in [-0.39, 0.29) is 0 Å². The Morgan fingerprint density at radius 1 is 1.35 bits per heavy atom. The number of nitrogens with zero attached hydrogens (tertiary/aromatic N) is 3. The summed E-state index contributed by atoms with van der Waals surface area (Å²) in [5.41, 5.74) is 3.28. The lowest BCUT2D eigenvalue weighted by molar-refractivity contribution is 0.343. The van der Waals surface area contributed by atoms with Gasteiger partial charge in [-0.3, -0.25) is 0 Å². The second-order valence-electron chi connectivity index (χ2n) is 5.04. The van der Waals surface area contributed by atoms with Gasteiger partial charge in [-0.15, -0.1) is 10.2 Å². The van der Waals surface area contributed by atoms with E-state index < -0.39 is 0 Å². The summed E-state index contributed by atoms with van der Waals surface area (Å²) in [4.78, 5) is 3.52. The first-order chi connectivity index (χ1) is 9.88. The third-order valence-electron chi connectivity index (χ3n) is 3.68. The SMILES string of the molecule is CCOc1cccc2c(-c3nn[nH]n3)c(C3CC3)[nH]c12. The molecule has 3 aromatic rings. The van der Waals surface area contributed by atoms with Crippen LogP contribution in [0.1, 0.15) is 31.4 Å². The summed E-state index contributed by atoms with van der Waals surface area (Å²) < 4.78 is 5.71. The Kier molecular flexibility index (Phi) is 2.48. The maximum absolute atomic E-state index is 5.71. The number of tetrazole rings is 1. The van der Waals surface area contributed by atoms with Crippen molar-refractivity contribution in [2.24, 2.45) is 0 Å². The molecule has 20 heavy (non-hydrogen) atoms. The lowest BCUT2D eigenvalue weighted by Crippen LogP contribution is -1.91. The molecule has 0 bridgehead atoms. The van der Waals surface area contributed by atoms with Crippen molar-refractivity contribution < 1.29 is 4.74 Å². The summed E-state index contributed by atoms with van der Waals surface area (Å²) in [7, 11) is 0. The molecule has 102 valence electrons. The first-order valence-electron chi connectivity index (χ1n) is 6.89. The van der Waals surface area contributed by atoms with Gasteiger partial charge in [-0.1, -0.05) is 12.1 Å². The molecule has 2 N–H and O–H groups in total. The van der Waals surface area contributed by atoms with Crippen LogP contribution in [-0.2, 0) is 0 Å². The van der Waals surface area contributed by atoms with Crippen LogP contribution in [0.2, 0.25) is 0 Å². The number of nitrogens with one attached hydrogen (secondary N) is 2. The topological polar surface area (TPSA) is 79.5 Å². The number of rotatable bonds is 4. The molecule has 2 heterocycles. The van der Waals surface area contributed by atoms with Crippen LogP contribution in [0, 0.1) is 0 Å². The van der Waals surface area contributed by atoms with Gasteiger partial charge in [0.2, 0.25) is 5.82 Å². The number of hydrogen-bond acceptors (Lipinski definition) is 4. The van der Waals surface area contributed by atoms with E-state index in [1.165, 1.54) is 18.5 Å². The second-order valence-corrected chi connectivity index (χ2v) is 5.04. The molecular formula is C14H15N5O. The average Bonchev–Trinajstić information content (AvgIpc) is 3.01. The van der Waals surface area contributed by atoms with Crippen LogP contribution in [0.4, 0.5) is 0 Å². The van der Waals surface area contributed by atoms with E-state index in [0.29, 0.717) is 18.3 Å². The monoisotopic (exact) mass is 269 g/mol. The third kappa shape index (κ3) is 1.68. The Labute approximate surface area is 115 Å². The molecule has 0 saturated heterocycles. The van der Waals surface area contributed by atoms with Crippen molar-refractivity contribution in [2.75, 3.05) is 6.61 Å². The Balaban J connectivity index is 1.99. The highest BCUT2D eigenvalue weighted by Gasteiger charge is 2.31. The number of H-pyrrole nitrogens is 2. The standard InChI is InChI=1S/C14H15N5O/c1-2-20-10-5-3-4-9-11(14-16-18-19-17-14)12(8-6-7-8)15-13(9)10/h3-5,8,15H,2,6-7H2,1H3,(H,16,17,18,19). The quantitative estimate of drug-likeness (QED) is 0.763. The van der Waals surface area contributed by atoms with E-state index in [1.54, 1.807) is 0 Å². The number of benzene rings is 1. The number of aromatic nitrogens is 5. The first kappa shape index (κ1) is 11.5. The van der Waals surface area contributed by atoms with Crippen molar-refractivity contribution in [3.63, 3.8) is 0 Å². The van der Waals surface area contributed by atoms with Crippen LogP contribution in [0.25, 0.3) is 22.3 Å².